The van der Waals surface area contributed by atoms with Gasteiger partial charge < -0.3 is 11.1 Å². The number of halogens is 1. The number of rotatable bonds is 2. The minimum atomic E-state index is -0.125. The number of pyridine rings is 1. The number of hydrogen-bond acceptors (Lipinski definition) is 3. The normalized spacial score (nSPS) is 27.0. The van der Waals surface area contributed by atoms with Gasteiger partial charge in [0.1, 0.15) is 5.82 Å². The van der Waals surface area contributed by atoms with Gasteiger partial charge in [0.2, 0.25) is 0 Å². The summed E-state index contributed by atoms with van der Waals surface area (Å²) >= 11 is 5.88. The molecule has 19 heavy (non-hydrogen) atoms. The second kappa shape index (κ2) is 5.78. The summed E-state index contributed by atoms with van der Waals surface area (Å²) < 4.78 is 0. The maximum atomic E-state index is 12.2. The van der Waals surface area contributed by atoms with E-state index in [1.165, 1.54) is 12.6 Å². The first-order chi connectivity index (χ1) is 8.99. The predicted octanol–water partition coefficient (Wildman–Crippen LogP) is 2.87. The van der Waals surface area contributed by atoms with Crippen LogP contribution in [-0.2, 0) is 0 Å². The Morgan fingerprint density at radius 3 is 2.89 bits per heavy atom. The SMILES string of the molecule is CC1CCCC(NC(=O)c2cnc(N)c(Cl)c2)C1C. The number of carbonyl (C=O) groups excluding carboxylic acids is 1. The summed E-state index contributed by atoms with van der Waals surface area (Å²) in [4.78, 5) is 16.1. The topological polar surface area (TPSA) is 68.0 Å². The van der Waals surface area contributed by atoms with Gasteiger partial charge in [0.25, 0.3) is 5.91 Å². The largest absolute Gasteiger partial charge is 0.382 e. The van der Waals surface area contributed by atoms with Crippen LogP contribution >= 0.6 is 11.6 Å². The molecule has 1 fully saturated rings. The highest BCUT2D eigenvalue weighted by Crippen LogP contribution is 2.29. The van der Waals surface area contributed by atoms with E-state index in [-0.39, 0.29) is 17.8 Å². The Balaban J connectivity index is 2.06. The highest BCUT2D eigenvalue weighted by molar-refractivity contribution is 6.33. The first kappa shape index (κ1) is 14.1. The van der Waals surface area contributed by atoms with Gasteiger partial charge >= 0.3 is 0 Å². The maximum Gasteiger partial charge on any atom is 0.253 e. The Morgan fingerprint density at radius 2 is 2.21 bits per heavy atom. The number of nitrogens with two attached hydrogens (primary N) is 1. The molecule has 5 heteroatoms. The molecule has 3 N–H and O–H groups in total. The van der Waals surface area contributed by atoms with Gasteiger partial charge in [-0.15, -0.1) is 0 Å². The van der Waals surface area contributed by atoms with Crippen molar-refractivity contribution in [1.82, 2.24) is 10.3 Å². The molecule has 1 aromatic rings. The molecular formula is C14H20ClN3O. The van der Waals surface area contributed by atoms with Crippen LogP contribution in [0.25, 0.3) is 0 Å². The van der Waals surface area contributed by atoms with E-state index in [0.29, 0.717) is 22.4 Å². The van der Waals surface area contributed by atoms with Crippen LogP contribution < -0.4 is 11.1 Å². The van der Waals surface area contributed by atoms with Crippen LogP contribution in [-0.4, -0.2) is 16.9 Å². The van der Waals surface area contributed by atoms with Gasteiger partial charge in [-0.2, -0.15) is 0 Å². The van der Waals surface area contributed by atoms with E-state index in [9.17, 15) is 4.79 Å². The average molecular weight is 282 g/mol. The molecule has 1 aliphatic rings. The summed E-state index contributed by atoms with van der Waals surface area (Å²) in [6.07, 6.45) is 4.90. The van der Waals surface area contributed by atoms with Crippen LogP contribution in [0.1, 0.15) is 43.5 Å². The molecule has 3 unspecified atom stereocenters. The van der Waals surface area contributed by atoms with Gasteiger partial charge in [-0.3, -0.25) is 4.79 Å². The van der Waals surface area contributed by atoms with E-state index in [0.717, 1.165) is 12.8 Å². The van der Waals surface area contributed by atoms with Crippen LogP contribution in [0.5, 0.6) is 0 Å². The molecule has 3 atom stereocenters. The zero-order chi connectivity index (χ0) is 14.0. The molecule has 0 radical (unpaired) electrons. The van der Waals surface area contributed by atoms with Crippen molar-refractivity contribution >= 4 is 23.3 Å². The lowest BCUT2D eigenvalue weighted by Gasteiger charge is -2.34. The summed E-state index contributed by atoms with van der Waals surface area (Å²) in [5.74, 6) is 1.26. The Labute approximate surface area is 118 Å². The lowest BCUT2D eigenvalue weighted by molar-refractivity contribution is 0.0891. The molecule has 0 bridgehead atoms. The fraction of sp³-hybridized carbons (Fsp3) is 0.571. The van der Waals surface area contributed by atoms with Crippen molar-refractivity contribution in [1.29, 1.82) is 0 Å². The van der Waals surface area contributed by atoms with Gasteiger partial charge in [0.05, 0.1) is 10.6 Å². The van der Waals surface area contributed by atoms with E-state index < -0.39 is 0 Å². The highest BCUT2D eigenvalue weighted by Gasteiger charge is 2.28. The molecule has 2 rings (SSSR count). The monoisotopic (exact) mass is 281 g/mol. The third-order valence-corrected chi connectivity index (χ3v) is 4.46. The molecule has 1 aliphatic carbocycles. The number of hydrogen-bond donors (Lipinski definition) is 2. The summed E-state index contributed by atoms with van der Waals surface area (Å²) in [5.41, 5.74) is 6.00. The molecule has 0 saturated heterocycles. The van der Waals surface area contributed by atoms with E-state index in [2.05, 4.69) is 24.1 Å². The average Bonchev–Trinajstić information content (AvgIpc) is 2.38. The molecule has 104 valence electrons. The van der Waals surface area contributed by atoms with Crippen molar-refractivity contribution in [2.45, 2.75) is 39.2 Å². The van der Waals surface area contributed by atoms with Crippen molar-refractivity contribution < 1.29 is 4.79 Å². The van der Waals surface area contributed by atoms with Gasteiger partial charge in [-0.05, 0) is 24.3 Å². The van der Waals surface area contributed by atoms with Crippen molar-refractivity contribution in [2.24, 2.45) is 11.8 Å². The minimum Gasteiger partial charge on any atom is -0.382 e. The third-order valence-electron chi connectivity index (χ3n) is 4.16. The maximum absolute atomic E-state index is 12.2. The summed E-state index contributed by atoms with van der Waals surface area (Å²) in [7, 11) is 0. The van der Waals surface area contributed by atoms with Crippen LogP contribution in [0.15, 0.2) is 12.3 Å². The molecule has 0 aromatic carbocycles. The number of nitrogens with one attached hydrogen (secondary N) is 1. The summed E-state index contributed by atoms with van der Waals surface area (Å²) in [6.45, 7) is 4.44. The Hall–Kier alpha value is -1.29. The first-order valence-electron chi connectivity index (χ1n) is 6.71. The number of aromatic nitrogens is 1. The van der Waals surface area contributed by atoms with Crippen molar-refractivity contribution in [2.75, 3.05) is 5.73 Å². The Kier molecular flexibility index (Phi) is 4.30. The van der Waals surface area contributed by atoms with Gasteiger partial charge in [-0.1, -0.05) is 38.3 Å². The molecule has 1 aromatic heterocycles. The zero-order valence-electron chi connectivity index (χ0n) is 11.3. The molecule has 0 spiro atoms. The number of amides is 1. The molecule has 1 heterocycles. The quantitative estimate of drug-likeness (QED) is 0.876. The lowest BCUT2D eigenvalue weighted by Crippen LogP contribution is -2.43. The predicted molar refractivity (Wildman–Crippen MR) is 77.1 cm³/mol. The Bertz CT molecular complexity index is 478. The second-order valence-electron chi connectivity index (χ2n) is 5.44. The molecule has 1 saturated carbocycles. The van der Waals surface area contributed by atoms with Crippen molar-refractivity contribution in [3.05, 3.63) is 22.8 Å². The minimum absolute atomic E-state index is 0.125. The van der Waals surface area contributed by atoms with Crippen LogP contribution in [0.3, 0.4) is 0 Å². The van der Waals surface area contributed by atoms with Crippen molar-refractivity contribution in [3.63, 3.8) is 0 Å². The number of nitrogens with zero attached hydrogens (tertiary/aromatic N) is 1. The highest BCUT2D eigenvalue weighted by atomic mass is 35.5. The van der Waals surface area contributed by atoms with Crippen LogP contribution in [0, 0.1) is 11.8 Å². The molecular weight excluding hydrogens is 262 g/mol. The van der Waals surface area contributed by atoms with E-state index in [1.54, 1.807) is 6.07 Å². The van der Waals surface area contributed by atoms with E-state index in [4.69, 9.17) is 17.3 Å². The second-order valence-corrected chi connectivity index (χ2v) is 5.85. The first-order valence-corrected chi connectivity index (χ1v) is 7.08. The standard InChI is InChI=1S/C14H20ClN3O/c1-8-4-3-5-12(9(8)2)18-14(19)10-6-11(15)13(16)17-7-10/h6-9,12H,3-5H2,1-2H3,(H2,16,17)(H,18,19). The summed E-state index contributed by atoms with van der Waals surface area (Å²) in [5, 5.41) is 3.40. The smallest absolute Gasteiger partial charge is 0.253 e. The Morgan fingerprint density at radius 1 is 1.47 bits per heavy atom. The van der Waals surface area contributed by atoms with Crippen LogP contribution in [0.4, 0.5) is 5.82 Å². The number of anilines is 1. The molecule has 4 nitrogen and oxygen atoms in total. The van der Waals surface area contributed by atoms with E-state index >= 15 is 0 Å². The van der Waals surface area contributed by atoms with Crippen molar-refractivity contribution in [3.8, 4) is 0 Å². The molecule has 1 amide bonds. The summed E-state index contributed by atoms with van der Waals surface area (Å²) in [6, 6.07) is 1.79. The number of carbonyl (C=O) groups is 1. The molecule has 0 aliphatic heterocycles. The fourth-order valence-electron chi connectivity index (χ4n) is 2.61. The van der Waals surface area contributed by atoms with Gasteiger partial charge in [0, 0.05) is 12.2 Å². The zero-order valence-corrected chi connectivity index (χ0v) is 12.1. The van der Waals surface area contributed by atoms with E-state index in [1.807, 2.05) is 0 Å². The van der Waals surface area contributed by atoms with Gasteiger partial charge in [0.15, 0.2) is 0 Å². The lowest BCUT2D eigenvalue weighted by atomic mass is 9.78. The fourth-order valence-corrected chi connectivity index (χ4v) is 2.78. The third kappa shape index (κ3) is 3.18. The number of nitrogen functional groups attached to an aromatic ring is 1. The van der Waals surface area contributed by atoms with Gasteiger partial charge in [-0.25, -0.2) is 4.98 Å². The van der Waals surface area contributed by atoms with Crippen LogP contribution in [0.2, 0.25) is 5.02 Å².